The third kappa shape index (κ3) is 4.87. The number of nitrogens with zero attached hydrogens (tertiary/aromatic N) is 1. The highest BCUT2D eigenvalue weighted by Gasteiger charge is 2.37. The van der Waals surface area contributed by atoms with Crippen LogP contribution >= 0.6 is 11.8 Å². The Morgan fingerprint density at radius 3 is 2.43 bits per heavy atom. The molecular weight excluding hydrogens is 276 g/mol. The van der Waals surface area contributed by atoms with Gasteiger partial charge in [0.15, 0.2) is 0 Å². The largest absolute Gasteiger partial charge is 0.313 e. The molecule has 3 rings (SSSR count). The molecule has 0 radical (unpaired) electrons. The topological polar surface area (TPSA) is 15.3 Å². The van der Waals surface area contributed by atoms with Gasteiger partial charge in [-0.3, -0.25) is 0 Å². The summed E-state index contributed by atoms with van der Waals surface area (Å²) in [4.78, 5) is 2.79. The molecule has 0 aromatic rings. The van der Waals surface area contributed by atoms with Gasteiger partial charge in [0, 0.05) is 42.7 Å². The minimum atomic E-state index is 0.452. The first-order valence-electron chi connectivity index (χ1n) is 9.17. The van der Waals surface area contributed by atoms with Gasteiger partial charge in [-0.15, -0.1) is 0 Å². The Morgan fingerprint density at radius 2 is 1.81 bits per heavy atom. The summed E-state index contributed by atoms with van der Waals surface area (Å²) >= 11 is 2.16. The molecule has 2 nitrogen and oxygen atoms in total. The summed E-state index contributed by atoms with van der Waals surface area (Å²) in [5.74, 6) is 1.32. The fourth-order valence-electron chi connectivity index (χ4n) is 4.24. The van der Waals surface area contributed by atoms with Crippen molar-refractivity contribution >= 4 is 11.8 Å². The maximum Gasteiger partial charge on any atom is 0.0231 e. The van der Waals surface area contributed by atoms with Crippen molar-refractivity contribution in [2.24, 2.45) is 5.41 Å². The van der Waals surface area contributed by atoms with Crippen molar-refractivity contribution in [3.63, 3.8) is 0 Å². The molecule has 2 aliphatic carbocycles. The molecule has 3 heteroatoms. The summed E-state index contributed by atoms with van der Waals surface area (Å²) in [6.45, 7) is 10.1. The molecule has 1 N–H and O–H groups in total. The van der Waals surface area contributed by atoms with Crippen molar-refractivity contribution in [3.8, 4) is 0 Å². The van der Waals surface area contributed by atoms with E-state index in [1.54, 1.807) is 0 Å². The van der Waals surface area contributed by atoms with Crippen LogP contribution in [0.25, 0.3) is 0 Å². The SMILES string of the molecule is CC1(C)CN(CC2(CNC3CC3)CCCCCC2)CCS1. The fourth-order valence-corrected chi connectivity index (χ4v) is 5.42. The third-order valence-corrected chi connectivity index (χ3v) is 6.87. The predicted octanol–water partition coefficient (Wildman–Crippen LogP) is 3.91. The maximum absolute atomic E-state index is 3.87. The molecule has 1 heterocycles. The van der Waals surface area contributed by atoms with Gasteiger partial charge in [0.1, 0.15) is 0 Å². The quantitative estimate of drug-likeness (QED) is 0.775. The minimum absolute atomic E-state index is 0.452. The van der Waals surface area contributed by atoms with Crippen molar-refractivity contribution in [2.75, 3.05) is 31.9 Å². The molecule has 122 valence electrons. The average molecular weight is 311 g/mol. The van der Waals surface area contributed by atoms with Crippen molar-refractivity contribution in [2.45, 2.75) is 76.0 Å². The molecule has 21 heavy (non-hydrogen) atoms. The Kier molecular flexibility index (Phi) is 5.23. The molecule has 3 fully saturated rings. The van der Waals surface area contributed by atoms with Gasteiger partial charge in [-0.2, -0.15) is 11.8 Å². The molecule has 0 atom stereocenters. The smallest absolute Gasteiger partial charge is 0.0231 e. The predicted molar refractivity (Wildman–Crippen MR) is 94.1 cm³/mol. The first-order chi connectivity index (χ1) is 10.1. The zero-order chi connectivity index (χ0) is 14.8. The Morgan fingerprint density at radius 1 is 1.10 bits per heavy atom. The Bertz CT molecular complexity index is 330. The number of hydrogen-bond acceptors (Lipinski definition) is 3. The van der Waals surface area contributed by atoms with Crippen LogP contribution in [0.3, 0.4) is 0 Å². The number of hydrogen-bond donors (Lipinski definition) is 1. The molecule has 1 aliphatic heterocycles. The van der Waals surface area contributed by atoms with Gasteiger partial charge in [-0.05, 0) is 44.9 Å². The Balaban J connectivity index is 1.62. The third-order valence-electron chi connectivity index (χ3n) is 5.57. The second kappa shape index (κ2) is 6.80. The van der Waals surface area contributed by atoms with Crippen LogP contribution < -0.4 is 5.32 Å². The molecule has 0 bridgehead atoms. The molecule has 3 aliphatic rings. The second-order valence-corrected chi connectivity index (χ2v) is 10.2. The molecule has 0 aromatic heterocycles. The number of rotatable bonds is 5. The first-order valence-corrected chi connectivity index (χ1v) is 10.2. The van der Waals surface area contributed by atoms with Crippen molar-refractivity contribution in [1.82, 2.24) is 10.2 Å². The van der Waals surface area contributed by atoms with Gasteiger partial charge < -0.3 is 10.2 Å². The van der Waals surface area contributed by atoms with E-state index in [-0.39, 0.29) is 0 Å². The van der Waals surface area contributed by atoms with E-state index < -0.39 is 0 Å². The molecule has 0 aromatic carbocycles. The minimum Gasteiger partial charge on any atom is -0.313 e. The standard InChI is InChI=1S/C18H34N2S/c1-17(2)14-20(11-12-21-17)15-18(13-19-16-7-8-16)9-5-3-4-6-10-18/h16,19H,3-15H2,1-2H3. The fraction of sp³-hybridized carbons (Fsp3) is 1.00. The van der Waals surface area contributed by atoms with E-state index in [2.05, 4.69) is 35.8 Å². The Hall–Kier alpha value is 0.270. The highest BCUT2D eigenvalue weighted by Crippen LogP contribution is 2.38. The molecule has 2 saturated carbocycles. The van der Waals surface area contributed by atoms with Gasteiger partial charge in [0.2, 0.25) is 0 Å². The summed E-state index contributed by atoms with van der Waals surface area (Å²) in [7, 11) is 0. The summed E-state index contributed by atoms with van der Waals surface area (Å²) in [6, 6.07) is 0.860. The van der Waals surface area contributed by atoms with Gasteiger partial charge in [0.25, 0.3) is 0 Å². The van der Waals surface area contributed by atoms with Crippen molar-refractivity contribution < 1.29 is 0 Å². The van der Waals surface area contributed by atoms with Crippen LogP contribution in [-0.2, 0) is 0 Å². The molecular formula is C18H34N2S. The van der Waals surface area contributed by atoms with Gasteiger partial charge in [-0.25, -0.2) is 0 Å². The number of nitrogens with one attached hydrogen (secondary N) is 1. The average Bonchev–Trinajstić information content (AvgIpc) is 3.23. The highest BCUT2D eigenvalue weighted by atomic mass is 32.2. The second-order valence-electron chi connectivity index (χ2n) is 8.39. The normalized spacial score (nSPS) is 30.0. The first kappa shape index (κ1) is 16.1. The summed E-state index contributed by atoms with van der Waals surface area (Å²) in [6.07, 6.45) is 11.6. The van der Waals surface area contributed by atoms with Crippen molar-refractivity contribution in [3.05, 3.63) is 0 Å². The maximum atomic E-state index is 3.87. The number of thioether (sulfide) groups is 1. The summed E-state index contributed by atoms with van der Waals surface area (Å²) < 4.78 is 0.452. The van der Waals surface area contributed by atoms with Crippen LogP contribution in [0, 0.1) is 5.41 Å². The van der Waals surface area contributed by atoms with Crippen LogP contribution in [0.2, 0.25) is 0 Å². The summed E-state index contributed by atoms with van der Waals surface area (Å²) in [5.41, 5.74) is 0.567. The van der Waals surface area contributed by atoms with E-state index in [0.29, 0.717) is 10.2 Å². The van der Waals surface area contributed by atoms with E-state index in [1.807, 2.05) is 0 Å². The highest BCUT2D eigenvalue weighted by molar-refractivity contribution is 8.00. The van der Waals surface area contributed by atoms with E-state index in [0.717, 1.165) is 6.04 Å². The van der Waals surface area contributed by atoms with Gasteiger partial charge in [-0.1, -0.05) is 25.7 Å². The lowest BCUT2D eigenvalue weighted by atomic mass is 9.79. The van der Waals surface area contributed by atoms with Crippen LogP contribution in [-0.4, -0.2) is 47.6 Å². The lowest BCUT2D eigenvalue weighted by Crippen LogP contribution is -2.50. The molecule has 0 spiro atoms. The van der Waals surface area contributed by atoms with Crippen LogP contribution in [0.15, 0.2) is 0 Å². The molecule has 1 saturated heterocycles. The van der Waals surface area contributed by atoms with E-state index in [4.69, 9.17) is 0 Å². The van der Waals surface area contributed by atoms with E-state index in [1.165, 1.54) is 83.3 Å². The zero-order valence-electron chi connectivity index (χ0n) is 14.1. The van der Waals surface area contributed by atoms with Crippen LogP contribution in [0.1, 0.15) is 65.2 Å². The summed E-state index contributed by atoms with van der Waals surface area (Å²) in [5, 5.41) is 3.87. The van der Waals surface area contributed by atoms with Gasteiger partial charge >= 0.3 is 0 Å². The van der Waals surface area contributed by atoms with Crippen LogP contribution in [0.5, 0.6) is 0 Å². The Labute approximate surface area is 135 Å². The van der Waals surface area contributed by atoms with Crippen LogP contribution in [0.4, 0.5) is 0 Å². The zero-order valence-corrected chi connectivity index (χ0v) is 14.9. The van der Waals surface area contributed by atoms with E-state index >= 15 is 0 Å². The molecule has 0 amide bonds. The monoisotopic (exact) mass is 310 g/mol. The lowest BCUT2D eigenvalue weighted by molar-refractivity contribution is 0.122. The molecule has 0 unspecified atom stereocenters. The lowest BCUT2D eigenvalue weighted by Gasteiger charge is -2.44. The van der Waals surface area contributed by atoms with E-state index in [9.17, 15) is 0 Å². The van der Waals surface area contributed by atoms with Crippen molar-refractivity contribution in [1.29, 1.82) is 0 Å². The van der Waals surface area contributed by atoms with Gasteiger partial charge in [0.05, 0.1) is 0 Å².